The normalized spacial score (nSPS) is 15.4. The maximum absolute atomic E-state index is 13.3. The molecule has 4 aromatic rings. The molecule has 1 aliphatic heterocycles. The summed E-state index contributed by atoms with van der Waals surface area (Å²) in [6.45, 7) is 1.25. The van der Waals surface area contributed by atoms with Crippen LogP contribution in [-0.4, -0.2) is 44.9 Å². The van der Waals surface area contributed by atoms with Gasteiger partial charge in [0.05, 0.1) is 36.4 Å². The number of alkyl halides is 3. The van der Waals surface area contributed by atoms with Crippen LogP contribution in [-0.2, 0) is 10.9 Å². The van der Waals surface area contributed by atoms with Crippen molar-refractivity contribution in [2.45, 2.75) is 11.8 Å². The van der Waals surface area contributed by atoms with Crippen LogP contribution < -0.4 is 16.2 Å². The molecule has 170 valence electrons. The maximum Gasteiger partial charge on any atom is 0.419 e. The number of benzene rings is 1. The van der Waals surface area contributed by atoms with E-state index in [1.165, 1.54) is 16.9 Å². The van der Waals surface area contributed by atoms with Crippen molar-refractivity contribution in [2.75, 3.05) is 25.5 Å². The highest BCUT2D eigenvalue weighted by Gasteiger charge is 2.39. The highest BCUT2D eigenvalue weighted by Crippen LogP contribution is 2.35. The Bertz CT molecular complexity index is 1310. The summed E-state index contributed by atoms with van der Waals surface area (Å²) < 4.78 is 52.5. The molecule has 1 aliphatic rings. The van der Waals surface area contributed by atoms with Crippen molar-refractivity contribution < 1.29 is 22.6 Å². The summed E-state index contributed by atoms with van der Waals surface area (Å²) in [5.74, 6) is 0.0745. The molecule has 0 spiro atoms. The first-order valence-electron chi connectivity index (χ1n) is 10.0. The molecule has 4 N–H and O–H groups in total. The van der Waals surface area contributed by atoms with E-state index in [1.807, 2.05) is 24.3 Å². The van der Waals surface area contributed by atoms with Crippen LogP contribution in [0.5, 0.6) is 5.75 Å². The van der Waals surface area contributed by atoms with Gasteiger partial charge >= 0.3 is 6.18 Å². The summed E-state index contributed by atoms with van der Waals surface area (Å²) >= 11 is 0. The molecular formula is C22H19F3N6O2. The second-order valence-corrected chi connectivity index (χ2v) is 7.79. The molecule has 0 unspecified atom stereocenters. The molecule has 3 aromatic heterocycles. The monoisotopic (exact) mass is 456 g/mol. The van der Waals surface area contributed by atoms with Gasteiger partial charge in [-0.2, -0.15) is 18.3 Å². The summed E-state index contributed by atoms with van der Waals surface area (Å²) in [5.41, 5.74) is 12.1. The average molecular weight is 456 g/mol. The number of pyridine rings is 1. The standard InChI is InChI=1S/C22H19F3N6O2/c23-22(24,25)16-7-14(8-29-20(16)27)18-9-28-19-6-5-17(30-31(18)19)13-1-3-15(4-2-13)33-21(10-26)11-32-12-21/h1-9H,10-12,26H2,(H2,27,29). The van der Waals surface area contributed by atoms with Gasteiger partial charge in [-0.1, -0.05) is 0 Å². The maximum atomic E-state index is 13.3. The fraction of sp³-hybridized carbons (Fsp3) is 0.227. The van der Waals surface area contributed by atoms with Crippen molar-refractivity contribution in [3.63, 3.8) is 0 Å². The van der Waals surface area contributed by atoms with Crippen molar-refractivity contribution in [2.24, 2.45) is 5.73 Å². The average Bonchev–Trinajstić information content (AvgIpc) is 3.19. The van der Waals surface area contributed by atoms with Crippen LogP contribution in [0.2, 0.25) is 0 Å². The molecule has 4 heterocycles. The van der Waals surface area contributed by atoms with Crippen molar-refractivity contribution in [3.05, 3.63) is 60.4 Å². The molecule has 1 fully saturated rings. The second kappa shape index (κ2) is 7.71. The van der Waals surface area contributed by atoms with E-state index in [-0.39, 0.29) is 5.56 Å². The summed E-state index contributed by atoms with van der Waals surface area (Å²) in [6.07, 6.45) is -1.90. The Morgan fingerprint density at radius 2 is 1.79 bits per heavy atom. The summed E-state index contributed by atoms with van der Waals surface area (Å²) in [7, 11) is 0. The zero-order valence-electron chi connectivity index (χ0n) is 17.2. The van der Waals surface area contributed by atoms with Crippen LogP contribution >= 0.6 is 0 Å². The lowest BCUT2D eigenvalue weighted by Crippen LogP contribution is -2.59. The van der Waals surface area contributed by atoms with Crippen LogP contribution in [0.1, 0.15) is 5.56 Å². The van der Waals surface area contributed by atoms with E-state index in [2.05, 4.69) is 15.1 Å². The number of aromatic nitrogens is 4. The SMILES string of the molecule is NCC1(Oc2ccc(-c3ccc4ncc(-c5cnc(N)c(C(F)(F)F)c5)n4n3)cc2)COC1. The van der Waals surface area contributed by atoms with E-state index in [0.29, 0.717) is 42.5 Å². The first-order valence-corrected chi connectivity index (χ1v) is 10.0. The van der Waals surface area contributed by atoms with Gasteiger partial charge in [0.1, 0.15) is 11.6 Å². The number of hydrogen-bond donors (Lipinski definition) is 2. The topological polar surface area (TPSA) is 114 Å². The largest absolute Gasteiger partial charge is 0.481 e. The lowest BCUT2D eigenvalue weighted by atomic mass is 10.0. The number of halogens is 3. The molecule has 0 aliphatic carbocycles. The van der Waals surface area contributed by atoms with E-state index in [4.69, 9.17) is 20.9 Å². The Balaban J connectivity index is 1.48. The van der Waals surface area contributed by atoms with E-state index < -0.39 is 23.2 Å². The van der Waals surface area contributed by atoms with Crippen LogP contribution in [0.3, 0.4) is 0 Å². The molecule has 11 heteroatoms. The van der Waals surface area contributed by atoms with Crippen LogP contribution in [0.4, 0.5) is 19.0 Å². The molecule has 0 saturated carbocycles. The van der Waals surface area contributed by atoms with Crippen LogP contribution in [0.15, 0.2) is 54.9 Å². The molecule has 0 atom stereocenters. The zero-order chi connectivity index (χ0) is 23.2. The molecule has 1 aromatic carbocycles. The number of rotatable bonds is 5. The molecule has 0 amide bonds. The van der Waals surface area contributed by atoms with E-state index in [0.717, 1.165) is 11.6 Å². The van der Waals surface area contributed by atoms with E-state index >= 15 is 0 Å². The van der Waals surface area contributed by atoms with Crippen LogP contribution in [0.25, 0.3) is 28.2 Å². The highest BCUT2D eigenvalue weighted by atomic mass is 19.4. The molecule has 8 nitrogen and oxygen atoms in total. The zero-order valence-corrected chi connectivity index (χ0v) is 17.2. The number of ether oxygens (including phenoxy) is 2. The molecule has 0 bridgehead atoms. The third kappa shape index (κ3) is 3.85. The summed E-state index contributed by atoms with van der Waals surface area (Å²) in [6, 6.07) is 11.8. The number of hydrogen-bond acceptors (Lipinski definition) is 7. The minimum atomic E-state index is -4.62. The predicted molar refractivity (Wildman–Crippen MR) is 114 cm³/mol. The van der Waals surface area contributed by atoms with Crippen molar-refractivity contribution in [3.8, 4) is 28.3 Å². The lowest BCUT2D eigenvalue weighted by Gasteiger charge is -2.40. The summed E-state index contributed by atoms with van der Waals surface area (Å²) in [4.78, 5) is 7.94. The molecular weight excluding hydrogens is 437 g/mol. The lowest BCUT2D eigenvalue weighted by molar-refractivity contribution is -0.155. The highest BCUT2D eigenvalue weighted by molar-refractivity contribution is 5.67. The minimum Gasteiger partial charge on any atom is -0.481 e. The van der Waals surface area contributed by atoms with Gasteiger partial charge in [0.25, 0.3) is 0 Å². The predicted octanol–water partition coefficient (Wildman–Crippen LogP) is 3.17. The third-order valence-corrected chi connectivity index (χ3v) is 5.47. The molecule has 0 radical (unpaired) electrons. The van der Waals surface area contributed by atoms with Crippen LogP contribution in [0, 0.1) is 0 Å². The van der Waals surface area contributed by atoms with E-state index in [9.17, 15) is 13.2 Å². The molecule has 5 rings (SSSR count). The van der Waals surface area contributed by atoms with Crippen molar-refractivity contribution in [1.29, 1.82) is 0 Å². The van der Waals surface area contributed by atoms with Gasteiger partial charge in [0.15, 0.2) is 11.2 Å². The Morgan fingerprint density at radius 1 is 1.03 bits per heavy atom. The van der Waals surface area contributed by atoms with Gasteiger partial charge in [0.2, 0.25) is 0 Å². The third-order valence-electron chi connectivity index (χ3n) is 5.47. The minimum absolute atomic E-state index is 0.201. The quantitative estimate of drug-likeness (QED) is 0.474. The summed E-state index contributed by atoms with van der Waals surface area (Å²) in [5, 5.41) is 4.58. The van der Waals surface area contributed by atoms with Crippen molar-refractivity contribution in [1.82, 2.24) is 19.6 Å². The number of fused-ring (bicyclic) bond motifs is 1. The number of nitrogens with zero attached hydrogens (tertiary/aromatic N) is 4. The van der Waals surface area contributed by atoms with Crippen molar-refractivity contribution >= 4 is 11.5 Å². The number of nitrogen functional groups attached to an aromatic ring is 1. The van der Waals surface area contributed by atoms with Gasteiger partial charge in [-0.05, 0) is 42.5 Å². The second-order valence-electron chi connectivity index (χ2n) is 7.79. The van der Waals surface area contributed by atoms with E-state index in [1.54, 1.807) is 12.1 Å². The Hall–Kier alpha value is -3.70. The Morgan fingerprint density at radius 3 is 2.42 bits per heavy atom. The van der Waals surface area contributed by atoms with Gasteiger partial charge in [0, 0.05) is 23.9 Å². The smallest absolute Gasteiger partial charge is 0.419 e. The Labute approximate surface area is 186 Å². The number of anilines is 1. The van der Waals surface area contributed by atoms with Gasteiger partial charge in [-0.3, -0.25) is 0 Å². The first-order chi connectivity index (χ1) is 15.8. The Kier molecular flexibility index (Phi) is 4.94. The number of nitrogens with two attached hydrogens (primary N) is 2. The molecule has 1 saturated heterocycles. The number of imidazole rings is 1. The van der Waals surface area contributed by atoms with Gasteiger partial charge in [-0.15, -0.1) is 0 Å². The fourth-order valence-corrected chi connectivity index (χ4v) is 3.56. The fourth-order valence-electron chi connectivity index (χ4n) is 3.56. The molecule has 33 heavy (non-hydrogen) atoms. The van der Waals surface area contributed by atoms with Gasteiger partial charge in [-0.25, -0.2) is 14.5 Å². The first kappa shape index (κ1) is 21.2. The van der Waals surface area contributed by atoms with Gasteiger partial charge < -0.3 is 20.9 Å².